The first-order valence-electron chi connectivity index (χ1n) is 14.6. The molecular formula is C32H28Cl3FN2O7. The molecule has 13 heteroatoms. The molecule has 3 fully saturated rings. The minimum absolute atomic E-state index is 0.0140. The molecule has 6 rings (SSSR count). The molecular weight excluding hydrogens is 650 g/mol. The summed E-state index contributed by atoms with van der Waals surface area (Å²) in [6, 6.07) is 8.90. The van der Waals surface area contributed by atoms with Crippen LogP contribution in [0.1, 0.15) is 50.0 Å². The number of rotatable bonds is 8. The Labute approximate surface area is 272 Å². The number of anilines is 1. The molecule has 2 N–H and O–H groups in total. The fourth-order valence-corrected chi connectivity index (χ4v) is 8.62. The van der Waals surface area contributed by atoms with E-state index in [9.17, 15) is 33.5 Å². The van der Waals surface area contributed by atoms with Crippen molar-refractivity contribution in [2.75, 3.05) is 11.4 Å². The maximum atomic E-state index is 14.3. The molecule has 9 nitrogen and oxygen atoms in total. The molecule has 45 heavy (non-hydrogen) atoms. The van der Waals surface area contributed by atoms with Gasteiger partial charge in [0.05, 0.1) is 17.5 Å². The van der Waals surface area contributed by atoms with Crippen LogP contribution in [0.2, 0.25) is 5.02 Å². The summed E-state index contributed by atoms with van der Waals surface area (Å²) in [5, 5.41) is 20.2. The van der Waals surface area contributed by atoms with Crippen molar-refractivity contribution in [2.45, 2.75) is 54.2 Å². The second-order valence-corrected chi connectivity index (χ2v) is 13.7. The maximum absolute atomic E-state index is 14.3. The minimum atomic E-state index is -2.19. The lowest BCUT2D eigenvalue weighted by Crippen LogP contribution is -2.60. The van der Waals surface area contributed by atoms with Crippen LogP contribution in [0.25, 0.3) is 0 Å². The number of hydrogen-bond acceptors (Lipinski definition) is 6. The predicted octanol–water partition coefficient (Wildman–Crippen LogP) is 5.39. The summed E-state index contributed by atoms with van der Waals surface area (Å²) in [6.45, 7) is 0.117. The molecule has 0 aromatic heterocycles. The third-order valence-electron chi connectivity index (χ3n) is 9.56. The van der Waals surface area contributed by atoms with Crippen molar-refractivity contribution >= 4 is 70.1 Å². The molecule has 6 atom stereocenters. The summed E-state index contributed by atoms with van der Waals surface area (Å²) in [6.07, 6.45) is 2.98. The smallest absolute Gasteiger partial charge is 0.303 e. The number of aliphatic carboxylic acids is 1. The highest BCUT2D eigenvalue weighted by Crippen LogP contribution is 2.66. The number of phenolic OH excluding ortho intramolecular Hbond substituents is 1. The van der Waals surface area contributed by atoms with Gasteiger partial charge in [-0.1, -0.05) is 29.7 Å². The number of alkyl halides is 2. The monoisotopic (exact) mass is 676 g/mol. The van der Waals surface area contributed by atoms with Crippen LogP contribution in [0.5, 0.6) is 5.75 Å². The molecule has 1 saturated carbocycles. The Kier molecular flexibility index (Phi) is 7.98. The van der Waals surface area contributed by atoms with Gasteiger partial charge in [-0.3, -0.25) is 28.9 Å². The number of nitrogens with zero attached hydrogens (tertiary/aromatic N) is 2. The van der Waals surface area contributed by atoms with E-state index in [1.807, 2.05) is 0 Å². The summed E-state index contributed by atoms with van der Waals surface area (Å²) in [5.41, 5.74) is 0.670. The van der Waals surface area contributed by atoms with E-state index < -0.39 is 62.9 Å². The van der Waals surface area contributed by atoms with Crippen LogP contribution in [0, 0.1) is 23.6 Å². The van der Waals surface area contributed by atoms with Gasteiger partial charge in [-0.05, 0) is 74.1 Å². The number of phenols is 1. The van der Waals surface area contributed by atoms with Crippen molar-refractivity contribution < 1.29 is 38.6 Å². The fourth-order valence-electron chi connectivity index (χ4n) is 7.51. The summed E-state index contributed by atoms with van der Waals surface area (Å²) in [7, 11) is 0. The van der Waals surface area contributed by atoms with Gasteiger partial charge >= 0.3 is 5.97 Å². The van der Waals surface area contributed by atoms with Gasteiger partial charge < -0.3 is 10.2 Å². The van der Waals surface area contributed by atoms with Gasteiger partial charge in [0.25, 0.3) is 11.8 Å². The molecule has 236 valence electrons. The zero-order valence-corrected chi connectivity index (χ0v) is 26.0. The Morgan fingerprint density at radius 2 is 1.67 bits per heavy atom. The van der Waals surface area contributed by atoms with Crippen LogP contribution in [-0.4, -0.2) is 61.0 Å². The van der Waals surface area contributed by atoms with E-state index in [0.29, 0.717) is 24.8 Å². The number of hydrogen-bond donors (Lipinski definition) is 2. The Hall–Kier alpha value is -3.47. The highest BCUT2D eigenvalue weighted by Gasteiger charge is 2.76. The molecule has 2 heterocycles. The van der Waals surface area contributed by atoms with Gasteiger partial charge in [0.2, 0.25) is 11.8 Å². The molecule has 2 aromatic rings. The van der Waals surface area contributed by atoms with Crippen molar-refractivity contribution in [2.24, 2.45) is 17.8 Å². The van der Waals surface area contributed by atoms with E-state index in [0.717, 1.165) is 17.0 Å². The Morgan fingerprint density at radius 1 is 0.956 bits per heavy atom. The number of carboxylic acid groups (broad SMARTS) is 1. The van der Waals surface area contributed by atoms with Crippen molar-refractivity contribution in [3.63, 3.8) is 0 Å². The lowest BCUT2D eigenvalue weighted by Gasteiger charge is -2.50. The van der Waals surface area contributed by atoms with Gasteiger partial charge in [-0.2, -0.15) is 0 Å². The molecule has 2 aliphatic carbocycles. The van der Waals surface area contributed by atoms with E-state index in [1.165, 1.54) is 35.2 Å². The SMILES string of the molecule is O=C(O)CCCCCN1C(=O)[C@H]2[C@H](CC=C3[C@H]2C[C@@]2(Cl)C(=O)N(c4ccc(F)cc4)C(=O)[C@@]2(Cl)[C@H]3c2cc(Cl)ccc2O)C1=O. The number of amides is 4. The number of allylic oxidation sites excluding steroid dienone is 2. The maximum Gasteiger partial charge on any atom is 0.303 e. The number of carbonyl (C=O) groups excluding carboxylic acids is 4. The Balaban J connectivity index is 1.43. The van der Waals surface area contributed by atoms with Crippen LogP contribution in [0.3, 0.4) is 0 Å². The fraction of sp³-hybridized carbons (Fsp3) is 0.406. The topological polar surface area (TPSA) is 132 Å². The van der Waals surface area contributed by atoms with Crippen LogP contribution >= 0.6 is 34.8 Å². The highest BCUT2D eigenvalue weighted by atomic mass is 35.5. The molecule has 0 unspecified atom stereocenters. The molecule has 0 spiro atoms. The average molecular weight is 678 g/mol. The largest absolute Gasteiger partial charge is 0.508 e. The van der Waals surface area contributed by atoms with Crippen LogP contribution < -0.4 is 4.90 Å². The number of aromatic hydroxyl groups is 1. The lowest BCUT2D eigenvalue weighted by molar-refractivity contribution is -0.141. The molecule has 2 aromatic carbocycles. The number of benzene rings is 2. The third kappa shape index (κ3) is 4.75. The van der Waals surface area contributed by atoms with E-state index in [1.54, 1.807) is 6.08 Å². The lowest BCUT2D eigenvalue weighted by atomic mass is 9.56. The van der Waals surface area contributed by atoms with Gasteiger partial charge in [0, 0.05) is 29.5 Å². The van der Waals surface area contributed by atoms with Crippen molar-refractivity contribution in [1.82, 2.24) is 4.90 Å². The third-order valence-corrected chi connectivity index (χ3v) is 11.2. The van der Waals surface area contributed by atoms with Gasteiger partial charge in [-0.25, -0.2) is 9.29 Å². The molecule has 2 aliphatic heterocycles. The number of halogens is 4. The highest BCUT2D eigenvalue weighted by molar-refractivity contribution is 6.58. The van der Waals surface area contributed by atoms with Crippen LogP contribution in [0.4, 0.5) is 10.1 Å². The van der Waals surface area contributed by atoms with Gasteiger partial charge in [-0.15, -0.1) is 23.2 Å². The van der Waals surface area contributed by atoms with E-state index in [-0.39, 0.29) is 53.7 Å². The first kappa shape index (κ1) is 31.5. The molecule has 2 saturated heterocycles. The Bertz CT molecular complexity index is 1670. The van der Waals surface area contributed by atoms with Crippen molar-refractivity contribution in [3.8, 4) is 5.75 Å². The first-order valence-corrected chi connectivity index (χ1v) is 15.7. The summed E-state index contributed by atoms with van der Waals surface area (Å²) in [5.74, 6) is -7.97. The van der Waals surface area contributed by atoms with Crippen LogP contribution in [0.15, 0.2) is 54.1 Å². The number of likely N-dealkylation sites (tertiary alicyclic amines) is 1. The quantitative estimate of drug-likeness (QED) is 0.166. The van der Waals surface area contributed by atoms with E-state index >= 15 is 0 Å². The van der Waals surface area contributed by atoms with Crippen molar-refractivity contribution in [1.29, 1.82) is 0 Å². The molecule has 4 amide bonds. The summed E-state index contributed by atoms with van der Waals surface area (Å²) in [4.78, 5) is 64.5. The van der Waals surface area contributed by atoms with Gasteiger partial charge in [0.15, 0.2) is 9.75 Å². The number of fused-ring (bicyclic) bond motifs is 4. The minimum Gasteiger partial charge on any atom is -0.508 e. The van der Waals surface area contributed by atoms with E-state index in [4.69, 9.17) is 39.9 Å². The number of unbranched alkanes of at least 4 members (excludes halogenated alkanes) is 2. The normalized spacial score (nSPS) is 30.7. The van der Waals surface area contributed by atoms with E-state index in [2.05, 4.69) is 0 Å². The first-order chi connectivity index (χ1) is 21.3. The van der Waals surface area contributed by atoms with Crippen molar-refractivity contribution in [3.05, 3.63) is 70.5 Å². The molecule has 4 aliphatic rings. The second kappa shape index (κ2) is 11.4. The average Bonchev–Trinajstić information content (AvgIpc) is 3.32. The number of carbonyl (C=O) groups is 5. The van der Waals surface area contributed by atoms with Gasteiger partial charge in [0.1, 0.15) is 11.6 Å². The Morgan fingerprint density at radius 3 is 2.36 bits per heavy atom. The number of imide groups is 2. The zero-order chi connectivity index (χ0) is 32.4. The molecule has 0 bridgehead atoms. The second-order valence-electron chi connectivity index (χ2n) is 12.0. The predicted molar refractivity (Wildman–Crippen MR) is 163 cm³/mol. The summed E-state index contributed by atoms with van der Waals surface area (Å²) < 4.78 is 13.8. The number of carboxylic acids is 1. The zero-order valence-electron chi connectivity index (χ0n) is 23.7. The standard InChI is InChI=1S/C32H28Cl3FN2O7/c33-16-5-12-23(39)21(14-16)26-19-10-11-20-25(28(43)37(27(20)42)13-3-1-2-4-24(40)41)22(19)15-31(34)29(44)38(30(45)32(26,31)35)18-8-6-17(36)7-9-18/h5-10,12,14,20,22,25-26,39H,1-4,11,13,15H2,(H,40,41)/t20-,22+,25-,26+,31+,32-/m0/s1. The molecule has 0 radical (unpaired) electrons. The van der Waals surface area contributed by atoms with Crippen LogP contribution in [-0.2, 0) is 24.0 Å². The summed E-state index contributed by atoms with van der Waals surface area (Å²) >= 11 is 20.9.